The molecular formula is C11H13F3N2O2. The number of carbonyl (C=O) groups excluding carboxylic acids is 1. The molecule has 0 N–H and O–H groups in total. The highest BCUT2D eigenvalue weighted by Crippen LogP contribution is 2.33. The van der Waals surface area contributed by atoms with E-state index >= 15 is 0 Å². The maximum absolute atomic E-state index is 12.6. The Morgan fingerprint density at radius 1 is 1.56 bits per heavy atom. The molecule has 4 nitrogen and oxygen atoms in total. The Balaban J connectivity index is 2.07. The van der Waals surface area contributed by atoms with Gasteiger partial charge in [-0.2, -0.15) is 13.2 Å². The first-order valence-electron chi connectivity index (χ1n) is 5.67. The first-order chi connectivity index (χ1) is 8.38. The van der Waals surface area contributed by atoms with Crippen LogP contribution in [-0.4, -0.2) is 35.2 Å². The van der Waals surface area contributed by atoms with Crippen LogP contribution in [0.4, 0.5) is 13.2 Å². The van der Waals surface area contributed by atoms with E-state index in [2.05, 4.69) is 5.16 Å². The van der Waals surface area contributed by atoms with Gasteiger partial charge in [-0.05, 0) is 19.8 Å². The summed E-state index contributed by atoms with van der Waals surface area (Å²) < 4.78 is 42.6. The van der Waals surface area contributed by atoms with Crippen LogP contribution in [0.1, 0.15) is 29.1 Å². The maximum atomic E-state index is 12.6. The molecular weight excluding hydrogens is 249 g/mol. The first kappa shape index (κ1) is 12.9. The number of aryl methyl sites for hydroxylation is 1. The van der Waals surface area contributed by atoms with Gasteiger partial charge < -0.3 is 9.42 Å². The molecule has 2 heterocycles. The molecule has 100 valence electrons. The monoisotopic (exact) mass is 262 g/mol. The zero-order valence-corrected chi connectivity index (χ0v) is 9.83. The van der Waals surface area contributed by atoms with E-state index in [0.29, 0.717) is 18.7 Å². The average molecular weight is 262 g/mol. The van der Waals surface area contributed by atoms with Crippen LogP contribution < -0.4 is 0 Å². The molecule has 2 rings (SSSR count). The fourth-order valence-corrected chi connectivity index (χ4v) is 2.06. The smallest absolute Gasteiger partial charge is 0.361 e. The molecule has 1 amide bonds. The first-order valence-corrected chi connectivity index (χ1v) is 5.67. The molecule has 0 bridgehead atoms. The average Bonchev–Trinajstić information content (AvgIpc) is 2.74. The van der Waals surface area contributed by atoms with Gasteiger partial charge in [0.25, 0.3) is 5.91 Å². The normalized spacial score (nSPS) is 21.1. The Morgan fingerprint density at radius 2 is 2.28 bits per heavy atom. The Labute approximate surface area is 102 Å². The topological polar surface area (TPSA) is 46.3 Å². The van der Waals surface area contributed by atoms with Crippen molar-refractivity contribution in [3.63, 3.8) is 0 Å². The van der Waals surface area contributed by atoms with Gasteiger partial charge in [0.05, 0.1) is 5.92 Å². The summed E-state index contributed by atoms with van der Waals surface area (Å²) >= 11 is 0. The molecule has 1 fully saturated rings. The maximum Gasteiger partial charge on any atom is 0.393 e. The minimum atomic E-state index is -4.25. The standard InChI is InChI=1S/C11H13F3N2O2/c1-7-5-9(15-18-7)10(17)16-4-2-3-8(6-16)11(12,13)14/h5,8H,2-4,6H2,1H3/t8-/m0/s1. The molecule has 1 atom stereocenters. The van der Waals surface area contributed by atoms with E-state index in [9.17, 15) is 18.0 Å². The molecule has 0 aliphatic carbocycles. The van der Waals surface area contributed by atoms with Crippen LogP contribution in [0.25, 0.3) is 0 Å². The van der Waals surface area contributed by atoms with E-state index < -0.39 is 18.0 Å². The molecule has 0 spiro atoms. The van der Waals surface area contributed by atoms with E-state index in [-0.39, 0.29) is 18.7 Å². The SMILES string of the molecule is Cc1cc(C(=O)N2CCC[C@H](C(F)(F)F)C2)no1. The van der Waals surface area contributed by atoms with Gasteiger partial charge >= 0.3 is 6.18 Å². The minimum absolute atomic E-state index is 0.0651. The Kier molecular flexibility index (Phi) is 3.32. The van der Waals surface area contributed by atoms with Crippen molar-refractivity contribution in [1.82, 2.24) is 10.1 Å². The number of piperidine rings is 1. The van der Waals surface area contributed by atoms with Crippen molar-refractivity contribution in [1.29, 1.82) is 0 Å². The number of aromatic nitrogens is 1. The summed E-state index contributed by atoms with van der Waals surface area (Å²) in [5, 5.41) is 3.53. The molecule has 0 aromatic carbocycles. The van der Waals surface area contributed by atoms with E-state index in [1.54, 1.807) is 6.92 Å². The summed E-state index contributed by atoms with van der Waals surface area (Å²) in [6, 6.07) is 1.43. The van der Waals surface area contributed by atoms with Crippen LogP contribution in [0.3, 0.4) is 0 Å². The van der Waals surface area contributed by atoms with Crippen molar-refractivity contribution in [2.24, 2.45) is 5.92 Å². The second kappa shape index (κ2) is 4.62. The van der Waals surface area contributed by atoms with Gasteiger partial charge in [0.1, 0.15) is 5.76 Å². The second-order valence-corrected chi connectivity index (χ2v) is 4.45. The lowest BCUT2D eigenvalue weighted by atomic mass is 9.97. The number of rotatable bonds is 1. The predicted octanol–water partition coefficient (Wildman–Crippen LogP) is 2.40. The molecule has 0 radical (unpaired) electrons. The molecule has 0 saturated carbocycles. The van der Waals surface area contributed by atoms with Gasteiger partial charge in [0.2, 0.25) is 0 Å². The van der Waals surface area contributed by atoms with Crippen molar-refractivity contribution in [2.75, 3.05) is 13.1 Å². The van der Waals surface area contributed by atoms with Gasteiger partial charge in [-0.3, -0.25) is 4.79 Å². The van der Waals surface area contributed by atoms with Crippen molar-refractivity contribution >= 4 is 5.91 Å². The third kappa shape index (κ3) is 2.65. The summed E-state index contributed by atoms with van der Waals surface area (Å²) in [7, 11) is 0. The summed E-state index contributed by atoms with van der Waals surface area (Å²) in [4.78, 5) is 13.1. The van der Waals surface area contributed by atoms with Crippen molar-refractivity contribution in [2.45, 2.75) is 25.9 Å². The number of nitrogens with zero attached hydrogens (tertiary/aromatic N) is 2. The van der Waals surface area contributed by atoms with Crippen LogP contribution in [0.15, 0.2) is 10.6 Å². The van der Waals surface area contributed by atoms with Crippen LogP contribution in [-0.2, 0) is 0 Å². The van der Waals surface area contributed by atoms with Gasteiger partial charge in [0.15, 0.2) is 5.69 Å². The highest BCUT2D eigenvalue weighted by molar-refractivity contribution is 5.92. The zero-order valence-electron chi connectivity index (χ0n) is 9.83. The Morgan fingerprint density at radius 3 is 2.83 bits per heavy atom. The van der Waals surface area contributed by atoms with Gasteiger partial charge in [-0.15, -0.1) is 0 Å². The minimum Gasteiger partial charge on any atom is -0.361 e. The summed E-state index contributed by atoms with van der Waals surface area (Å²) in [5.41, 5.74) is 0.0651. The zero-order chi connectivity index (χ0) is 13.3. The Hall–Kier alpha value is -1.53. The van der Waals surface area contributed by atoms with Crippen LogP contribution in [0.5, 0.6) is 0 Å². The fourth-order valence-electron chi connectivity index (χ4n) is 2.06. The van der Waals surface area contributed by atoms with Gasteiger partial charge in [0, 0.05) is 19.2 Å². The quantitative estimate of drug-likeness (QED) is 0.780. The third-order valence-corrected chi connectivity index (χ3v) is 3.02. The number of amides is 1. The fraction of sp³-hybridized carbons (Fsp3) is 0.636. The van der Waals surface area contributed by atoms with Crippen molar-refractivity contribution in [3.8, 4) is 0 Å². The summed E-state index contributed by atoms with van der Waals surface area (Å²) in [6.45, 7) is 1.66. The van der Waals surface area contributed by atoms with Crippen molar-refractivity contribution in [3.05, 3.63) is 17.5 Å². The van der Waals surface area contributed by atoms with E-state index in [1.807, 2.05) is 0 Å². The predicted molar refractivity (Wildman–Crippen MR) is 55.9 cm³/mol. The van der Waals surface area contributed by atoms with Crippen LogP contribution >= 0.6 is 0 Å². The van der Waals surface area contributed by atoms with E-state index in [0.717, 1.165) is 0 Å². The molecule has 7 heteroatoms. The van der Waals surface area contributed by atoms with E-state index in [4.69, 9.17) is 4.52 Å². The molecule has 0 unspecified atom stereocenters. The van der Waals surface area contributed by atoms with Gasteiger partial charge in [-0.1, -0.05) is 5.16 Å². The van der Waals surface area contributed by atoms with E-state index in [1.165, 1.54) is 11.0 Å². The van der Waals surface area contributed by atoms with Gasteiger partial charge in [-0.25, -0.2) is 0 Å². The molecule has 1 aliphatic rings. The van der Waals surface area contributed by atoms with Crippen LogP contribution in [0.2, 0.25) is 0 Å². The lowest BCUT2D eigenvalue weighted by molar-refractivity contribution is -0.184. The number of alkyl halides is 3. The number of carbonyl (C=O) groups is 1. The second-order valence-electron chi connectivity index (χ2n) is 4.45. The molecule has 1 aromatic rings. The highest BCUT2D eigenvalue weighted by Gasteiger charge is 2.43. The third-order valence-electron chi connectivity index (χ3n) is 3.02. The van der Waals surface area contributed by atoms with Crippen molar-refractivity contribution < 1.29 is 22.5 Å². The molecule has 1 saturated heterocycles. The summed E-state index contributed by atoms with van der Waals surface area (Å²) in [6.07, 6.45) is -3.82. The molecule has 1 aliphatic heterocycles. The largest absolute Gasteiger partial charge is 0.393 e. The number of hydrogen-bond donors (Lipinski definition) is 0. The lowest BCUT2D eigenvalue weighted by Crippen LogP contribution is -2.44. The highest BCUT2D eigenvalue weighted by atomic mass is 19.4. The molecule has 18 heavy (non-hydrogen) atoms. The lowest BCUT2D eigenvalue weighted by Gasteiger charge is -2.33. The number of likely N-dealkylation sites (tertiary alicyclic amines) is 1. The molecule has 1 aromatic heterocycles. The Bertz CT molecular complexity index is 442. The van der Waals surface area contributed by atoms with Crippen LogP contribution in [0, 0.1) is 12.8 Å². The number of hydrogen-bond acceptors (Lipinski definition) is 3. The number of halogens is 3. The summed E-state index contributed by atoms with van der Waals surface area (Å²) in [5.74, 6) is -1.48.